The summed E-state index contributed by atoms with van der Waals surface area (Å²) in [5.74, 6) is 5.14. The minimum Gasteiger partial charge on any atom is -0.323 e. The molecule has 0 unspecified atom stereocenters. The van der Waals surface area contributed by atoms with Crippen LogP contribution in [0.25, 0.3) is 0 Å². The normalized spacial score (nSPS) is 9.17. The first-order chi connectivity index (χ1) is 5.70. The van der Waals surface area contributed by atoms with Crippen molar-refractivity contribution >= 4 is 28.9 Å². The summed E-state index contributed by atoms with van der Waals surface area (Å²) in [7, 11) is 0. The molecular formula is C7H5Cl2N3. The molecule has 3 N–H and O–H groups in total. The highest BCUT2D eigenvalue weighted by molar-refractivity contribution is 6.38. The van der Waals surface area contributed by atoms with Crippen molar-refractivity contribution in [2.45, 2.75) is 0 Å². The van der Waals surface area contributed by atoms with Gasteiger partial charge >= 0.3 is 0 Å². The van der Waals surface area contributed by atoms with Crippen LogP contribution in [0.15, 0.2) is 12.1 Å². The Morgan fingerprint density at radius 2 is 2.08 bits per heavy atom. The van der Waals surface area contributed by atoms with E-state index in [4.69, 9.17) is 34.3 Å². The molecule has 0 fully saturated rings. The topological polar surface area (TPSA) is 61.8 Å². The third-order valence-corrected chi connectivity index (χ3v) is 2.07. The Morgan fingerprint density at radius 1 is 1.42 bits per heavy atom. The Bertz CT molecular complexity index is 343. The molecule has 0 bridgehead atoms. The lowest BCUT2D eigenvalue weighted by molar-refractivity contribution is 1.34. The van der Waals surface area contributed by atoms with Crippen LogP contribution in [0.2, 0.25) is 10.0 Å². The summed E-state index contributed by atoms with van der Waals surface area (Å²) in [6.07, 6.45) is 0. The molecule has 3 nitrogen and oxygen atoms in total. The van der Waals surface area contributed by atoms with Gasteiger partial charge in [0.1, 0.15) is 6.07 Å². The molecule has 5 heteroatoms. The minimum atomic E-state index is 0.230. The summed E-state index contributed by atoms with van der Waals surface area (Å²) in [6.45, 7) is 0. The van der Waals surface area contributed by atoms with E-state index in [1.54, 1.807) is 12.1 Å². The molecule has 0 atom stereocenters. The Hall–Kier alpha value is -0.950. The van der Waals surface area contributed by atoms with Crippen molar-refractivity contribution in [3.63, 3.8) is 0 Å². The van der Waals surface area contributed by atoms with Crippen molar-refractivity contribution in [2.24, 2.45) is 5.84 Å². The number of hydrogen-bond acceptors (Lipinski definition) is 3. The molecule has 0 saturated carbocycles. The number of hydrazine groups is 1. The maximum Gasteiger partial charge on any atom is 0.102 e. The largest absolute Gasteiger partial charge is 0.323 e. The maximum absolute atomic E-state index is 8.63. The number of rotatable bonds is 1. The van der Waals surface area contributed by atoms with Crippen LogP contribution in [0, 0.1) is 11.3 Å². The fourth-order valence-electron chi connectivity index (χ4n) is 0.766. The molecule has 0 radical (unpaired) electrons. The predicted octanol–water partition coefficient (Wildman–Crippen LogP) is 2.15. The van der Waals surface area contributed by atoms with E-state index in [0.29, 0.717) is 10.7 Å². The molecule has 1 aromatic carbocycles. The van der Waals surface area contributed by atoms with E-state index in [0.717, 1.165) is 0 Å². The molecule has 0 saturated heterocycles. The summed E-state index contributed by atoms with van der Waals surface area (Å²) in [4.78, 5) is 0. The first-order valence-corrected chi connectivity index (χ1v) is 3.81. The van der Waals surface area contributed by atoms with Crippen LogP contribution in [0.4, 0.5) is 5.69 Å². The van der Waals surface area contributed by atoms with E-state index >= 15 is 0 Å². The maximum atomic E-state index is 8.63. The monoisotopic (exact) mass is 201 g/mol. The number of nitrogens with one attached hydrogen (secondary N) is 1. The molecule has 0 spiro atoms. The highest BCUT2D eigenvalue weighted by atomic mass is 35.5. The van der Waals surface area contributed by atoms with Crippen LogP contribution >= 0.6 is 23.2 Å². The second-order valence-corrected chi connectivity index (χ2v) is 2.83. The lowest BCUT2D eigenvalue weighted by Gasteiger charge is -2.04. The third-order valence-electron chi connectivity index (χ3n) is 1.36. The van der Waals surface area contributed by atoms with E-state index in [1.807, 2.05) is 6.07 Å². The average molecular weight is 202 g/mol. The summed E-state index contributed by atoms with van der Waals surface area (Å²) in [5.41, 5.74) is 3.07. The molecule has 1 aromatic rings. The van der Waals surface area contributed by atoms with Gasteiger partial charge in [-0.15, -0.1) is 0 Å². The Morgan fingerprint density at radius 3 is 2.58 bits per heavy atom. The van der Waals surface area contributed by atoms with Crippen molar-refractivity contribution in [3.8, 4) is 6.07 Å². The zero-order valence-electron chi connectivity index (χ0n) is 5.94. The van der Waals surface area contributed by atoms with Gasteiger partial charge in [0.05, 0.1) is 21.3 Å². The Kier molecular flexibility index (Phi) is 2.77. The molecule has 62 valence electrons. The van der Waals surface area contributed by atoms with E-state index < -0.39 is 0 Å². The van der Waals surface area contributed by atoms with Gasteiger partial charge in [0.2, 0.25) is 0 Å². The quantitative estimate of drug-likeness (QED) is 0.541. The molecule has 0 heterocycles. The summed E-state index contributed by atoms with van der Waals surface area (Å²) >= 11 is 11.4. The van der Waals surface area contributed by atoms with E-state index in [2.05, 4.69) is 5.43 Å². The summed E-state index contributed by atoms with van der Waals surface area (Å²) in [6, 6.07) is 5.04. The smallest absolute Gasteiger partial charge is 0.102 e. The number of hydrogen-bond donors (Lipinski definition) is 2. The zero-order chi connectivity index (χ0) is 9.14. The number of nitriles is 1. The fourth-order valence-corrected chi connectivity index (χ4v) is 1.28. The van der Waals surface area contributed by atoms with Gasteiger partial charge in [-0.05, 0) is 12.1 Å². The van der Waals surface area contributed by atoms with E-state index in [1.165, 1.54) is 0 Å². The number of benzene rings is 1. The zero-order valence-corrected chi connectivity index (χ0v) is 7.45. The lowest BCUT2D eigenvalue weighted by atomic mass is 10.2. The van der Waals surface area contributed by atoms with Gasteiger partial charge < -0.3 is 5.43 Å². The molecule has 0 amide bonds. The standard InChI is InChI=1S/C7H5Cl2N3/c8-5-1-2-6(12-11)7(9)4(5)3-10/h1-2,12H,11H2. The molecular weight excluding hydrogens is 197 g/mol. The van der Waals surface area contributed by atoms with Crippen LogP contribution in [0.5, 0.6) is 0 Å². The van der Waals surface area contributed by atoms with Crippen LogP contribution in [-0.4, -0.2) is 0 Å². The number of nitrogens with zero attached hydrogens (tertiary/aromatic N) is 1. The average Bonchev–Trinajstić information content (AvgIpc) is 2.06. The molecule has 0 aromatic heterocycles. The van der Waals surface area contributed by atoms with Gasteiger partial charge in [-0.3, -0.25) is 5.84 Å². The summed E-state index contributed by atoms with van der Waals surface area (Å²) in [5, 5.41) is 9.20. The van der Waals surface area contributed by atoms with Gasteiger partial charge in [-0.2, -0.15) is 5.26 Å². The predicted molar refractivity (Wildman–Crippen MR) is 49.0 cm³/mol. The molecule has 12 heavy (non-hydrogen) atoms. The lowest BCUT2D eigenvalue weighted by Crippen LogP contribution is -2.07. The molecule has 1 rings (SSSR count). The van der Waals surface area contributed by atoms with Gasteiger partial charge in [0.15, 0.2) is 0 Å². The van der Waals surface area contributed by atoms with Gasteiger partial charge in [-0.25, -0.2) is 0 Å². The van der Waals surface area contributed by atoms with E-state index in [-0.39, 0.29) is 10.6 Å². The van der Waals surface area contributed by atoms with Crippen LogP contribution < -0.4 is 11.3 Å². The van der Waals surface area contributed by atoms with Gasteiger partial charge in [-0.1, -0.05) is 23.2 Å². The van der Waals surface area contributed by atoms with E-state index in [9.17, 15) is 0 Å². The summed E-state index contributed by atoms with van der Waals surface area (Å²) < 4.78 is 0. The van der Waals surface area contributed by atoms with Gasteiger partial charge in [0.25, 0.3) is 0 Å². The van der Waals surface area contributed by atoms with Crippen LogP contribution in [0.1, 0.15) is 5.56 Å². The third kappa shape index (κ3) is 1.46. The molecule has 0 aliphatic heterocycles. The first kappa shape index (κ1) is 9.14. The number of nitrogens with two attached hydrogens (primary N) is 1. The number of nitrogen functional groups attached to an aromatic ring is 1. The molecule has 0 aliphatic rings. The van der Waals surface area contributed by atoms with Crippen LogP contribution in [0.3, 0.4) is 0 Å². The van der Waals surface area contributed by atoms with Crippen molar-refractivity contribution < 1.29 is 0 Å². The second kappa shape index (κ2) is 3.63. The van der Waals surface area contributed by atoms with Crippen LogP contribution in [-0.2, 0) is 0 Å². The van der Waals surface area contributed by atoms with Gasteiger partial charge in [0, 0.05) is 0 Å². The number of anilines is 1. The Balaban J connectivity index is 3.36. The van der Waals surface area contributed by atoms with Crippen molar-refractivity contribution in [1.82, 2.24) is 0 Å². The fraction of sp³-hybridized carbons (Fsp3) is 0. The highest BCUT2D eigenvalue weighted by Crippen LogP contribution is 2.30. The van der Waals surface area contributed by atoms with Crippen molar-refractivity contribution in [1.29, 1.82) is 5.26 Å². The highest BCUT2D eigenvalue weighted by Gasteiger charge is 2.08. The second-order valence-electron chi connectivity index (χ2n) is 2.04. The minimum absolute atomic E-state index is 0.230. The van der Waals surface area contributed by atoms with Crippen molar-refractivity contribution in [2.75, 3.05) is 5.43 Å². The molecule has 0 aliphatic carbocycles. The first-order valence-electron chi connectivity index (χ1n) is 3.05. The number of halogens is 2. The van der Waals surface area contributed by atoms with Crippen molar-refractivity contribution in [3.05, 3.63) is 27.7 Å². The SMILES string of the molecule is N#Cc1c(Cl)ccc(NN)c1Cl. The Labute approximate surface area is 79.7 Å².